The van der Waals surface area contributed by atoms with E-state index in [1.165, 1.54) is 46.1 Å². The molecule has 5 nitrogen and oxygen atoms in total. The molecule has 0 radical (unpaired) electrons. The predicted octanol–water partition coefficient (Wildman–Crippen LogP) is 3.78. The zero-order chi connectivity index (χ0) is 17.9. The highest BCUT2D eigenvalue weighted by Gasteiger charge is 2.76. The van der Waals surface area contributed by atoms with Crippen LogP contribution < -0.4 is 0 Å². The van der Waals surface area contributed by atoms with Crippen molar-refractivity contribution in [1.82, 2.24) is 0 Å². The number of hydrogen-bond donors (Lipinski definition) is 0. The van der Waals surface area contributed by atoms with E-state index in [0.29, 0.717) is 11.8 Å². The quantitative estimate of drug-likeness (QED) is 0.466. The number of rotatable bonds is 4. The van der Waals surface area contributed by atoms with E-state index < -0.39 is 17.5 Å². The van der Waals surface area contributed by atoms with Crippen LogP contribution in [0.2, 0.25) is 0 Å². The summed E-state index contributed by atoms with van der Waals surface area (Å²) >= 11 is 0. The second-order valence-electron chi connectivity index (χ2n) is 8.58. The number of methoxy groups -OCH3 is 1. The average Bonchev–Trinajstić information content (AvgIpc) is 2.61. The fraction of sp³-hybridized carbons (Fsp3) is 0.667. The Balaban J connectivity index is 1.63. The normalized spacial score (nSPS) is 46.0. The van der Waals surface area contributed by atoms with Gasteiger partial charge in [-0.25, -0.2) is 4.89 Å². The summed E-state index contributed by atoms with van der Waals surface area (Å²) in [6, 6.07) is 10.0. The Kier molecular flexibility index (Phi) is 3.72. The van der Waals surface area contributed by atoms with E-state index in [4.69, 9.17) is 19.2 Å². The van der Waals surface area contributed by atoms with E-state index in [2.05, 4.69) is 0 Å². The minimum absolute atomic E-state index is 0.228. The highest BCUT2D eigenvalue weighted by Crippen LogP contribution is 2.67. The smallest absolute Gasteiger partial charge is 0.394 e. The van der Waals surface area contributed by atoms with Gasteiger partial charge in [0.15, 0.2) is 0 Å². The first-order valence-corrected chi connectivity index (χ1v) is 9.75. The molecule has 4 saturated carbocycles. The molecule has 5 heteroatoms. The summed E-state index contributed by atoms with van der Waals surface area (Å²) < 4.78 is 11.4. The van der Waals surface area contributed by atoms with Crippen molar-refractivity contribution in [3.8, 4) is 0 Å². The third-order valence-electron chi connectivity index (χ3n) is 7.18. The standard InChI is InChI=1S/C21H26O5/c1-13(22)24-21(23-2)20(25-26-21,18-6-4-3-5-7-18)19-16-9-14-8-15(11-16)12-17(19)10-14/h3-7,14-17,19H,8-12H2,1-2H3. The number of esters is 1. The van der Waals surface area contributed by atoms with E-state index in [0.717, 1.165) is 17.4 Å². The predicted molar refractivity (Wildman–Crippen MR) is 92.3 cm³/mol. The molecular weight excluding hydrogens is 332 g/mol. The van der Waals surface area contributed by atoms with Crippen LogP contribution in [0.15, 0.2) is 30.3 Å². The average molecular weight is 358 g/mol. The molecule has 2 unspecified atom stereocenters. The second kappa shape index (κ2) is 5.78. The van der Waals surface area contributed by atoms with Crippen molar-refractivity contribution >= 4 is 5.97 Å². The monoisotopic (exact) mass is 358 g/mol. The van der Waals surface area contributed by atoms with Crippen LogP contribution in [-0.4, -0.2) is 19.1 Å². The lowest BCUT2D eigenvalue weighted by Crippen LogP contribution is -2.74. The Bertz CT molecular complexity index is 672. The molecule has 140 valence electrons. The van der Waals surface area contributed by atoms with Crippen LogP contribution in [-0.2, 0) is 29.6 Å². The Morgan fingerprint density at radius 1 is 1.00 bits per heavy atom. The van der Waals surface area contributed by atoms with Gasteiger partial charge in [0.25, 0.3) is 0 Å². The SMILES string of the molecule is COC1(OC(C)=O)OOC1(c1ccccc1)C1C2CC3CC(C2)CC1C3. The molecule has 4 aliphatic carbocycles. The lowest BCUT2D eigenvalue weighted by atomic mass is 9.47. The summed E-state index contributed by atoms with van der Waals surface area (Å²) in [6.45, 7) is 1.38. The van der Waals surface area contributed by atoms with Crippen molar-refractivity contribution in [2.24, 2.45) is 29.6 Å². The van der Waals surface area contributed by atoms with Gasteiger partial charge in [-0.2, -0.15) is 4.89 Å². The highest BCUT2D eigenvalue weighted by atomic mass is 17.3. The molecule has 1 heterocycles. The first kappa shape index (κ1) is 16.7. The first-order chi connectivity index (χ1) is 12.6. The molecule has 2 atom stereocenters. The molecule has 1 aromatic carbocycles. The lowest BCUT2D eigenvalue weighted by Gasteiger charge is -2.64. The van der Waals surface area contributed by atoms with Crippen LogP contribution in [0, 0.1) is 29.6 Å². The van der Waals surface area contributed by atoms with Crippen LogP contribution in [0.5, 0.6) is 0 Å². The van der Waals surface area contributed by atoms with Gasteiger partial charge in [-0.15, -0.1) is 0 Å². The summed E-state index contributed by atoms with van der Waals surface area (Å²) in [4.78, 5) is 23.3. The largest absolute Gasteiger partial charge is 0.403 e. The molecule has 0 aromatic heterocycles. The number of ether oxygens (including phenoxy) is 2. The van der Waals surface area contributed by atoms with Crippen molar-refractivity contribution in [3.05, 3.63) is 35.9 Å². The molecule has 5 aliphatic rings. The van der Waals surface area contributed by atoms with Crippen LogP contribution in [0.1, 0.15) is 44.6 Å². The van der Waals surface area contributed by atoms with Gasteiger partial charge in [-0.3, -0.25) is 4.79 Å². The van der Waals surface area contributed by atoms with Crippen molar-refractivity contribution in [1.29, 1.82) is 0 Å². The van der Waals surface area contributed by atoms with Crippen LogP contribution in [0.25, 0.3) is 0 Å². The van der Waals surface area contributed by atoms with Gasteiger partial charge in [-0.05, 0) is 61.3 Å². The van der Waals surface area contributed by atoms with Gasteiger partial charge >= 0.3 is 11.9 Å². The Hall–Kier alpha value is -1.43. The molecule has 5 fully saturated rings. The van der Waals surface area contributed by atoms with Gasteiger partial charge in [0.1, 0.15) is 0 Å². The third-order valence-corrected chi connectivity index (χ3v) is 7.18. The summed E-state index contributed by atoms with van der Waals surface area (Å²) in [5.74, 6) is 1.08. The molecule has 4 bridgehead atoms. The van der Waals surface area contributed by atoms with Crippen LogP contribution >= 0.6 is 0 Å². The first-order valence-electron chi connectivity index (χ1n) is 9.75. The number of carbonyl (C=O) groups excluding carboxylic acids is 1. The topological polar surface area (TPSA) is 54.0 Å². The minimum Gasteiger partial charge on any atom is -0.403 e. The third kappa shape index (κ3) is 2.11. The maximum atomic E-state index is 11.9. The Morgan fingerprint density at radius 3 is 2.08 bits per heavy atom. The number of carbonyl (C=O) groups is 1. The molecule has 26 heavy (non-hydrogen) atoms. The van der Waals surface area contributed by atoms with Crippen LogP contribution in [0.3, 0.4) is 0 Å². The zero-order valence-electron chi connectivity index (χ0n) is 15.4. The van der Waals surface area contributed by atoms with Gasteiger partial charge < -0.3 is 9.47 Å². The van der Waals surface area contributed by atoms with E-state index in [9.17, 15) is 4.79 Å². The van der Waals surface area contributed by atoms with Gasteiger partial charge in [0.05, 0.1) is 0 Å². The van der Waals surface area contributed by atoms with E-state index >= 15 is 0 Å². The molecule has 1 aliphatic heterocycles. The molecule has 1 saturated heterocycles. The summed E-state index contributed by atoms with van der Waals surface area (Å²) in [5.41, 5.74) is 0.0592. The van der Waals surface area contributed by atoms with Crippen LogP contribution in [0.4, 0.5) is 0 Å². The summed E-state index contributed by atoms with van der Waals surface area (Å²) in [6.07, 6.45) is 6.31. The van der Waals surface area contributed by atoms with Crippen molar-refractivity contribution in [2.45, 2.75) is 50.6 Å². The van der Waals surface area contributed by atoms with E-state index in [-0.39, 0.29) is 5.92 Å². The Labute approximate surface area is 153 Å². The number of benzene rings is 1. The van der Waals surface area contributed by atoms with E-state index in [1.54, 1.807) is 0 Å². The van der Waals surface area contributed by atoms with Crippen molar-refractivity contribution in [3.63, 3.8) is 0 Å². The molecular formula is C21H26O5. The van der Waals surface area contributed by atoms with Crippen molar-refractivity contribution in [2.75, 3.05) is 7.11 Å². The van der Waals surface area contributed by atoms with Gasteiger partial charge in [-0.1, -0.05) is 30.3 Å². The number of hydrogen-bond acceptors (Lipinski definition) is 5. The Morgan fingerprint density at radius 2 is 1.62 bits per heavy atom. The molecule has 0 spiro atoms. The molecule has 0 amide bonds. The van der Waals surface area contributed by atoms with Crippen molar-refractivity contribution < 1.29 is 24.0 Å². The fourth-order valence-corrected chi connectivity index (χ4v) is 6.66. The summed E-state index contributed by atoms with van der Waals surface area (Å²) in [5, 5.41) is 0. The van der Waals surface area contributed by atoms with E-state index in [1.807, 2.05) is 30.3 Å². The fourth-order valence-electron chi connectivity index (χ4n) is 6.66. The summed E-state index contributed by atoms with van der Waals surface area (Å²) in [7, 11) is 1.53. The second-order valence-corrected chi connectivity index (χ2v) is 8.58. The van der Waals surface area contributed by atoms with Gasteiger partial charge in [0.2, 0.25) is 5.60 Å². The lowest BCUT2D eigenvalue weighted by molar-refractivity contribution is -0.681. The van der Waals surface area contributed by atoms with Gasteiger partial charge in [0, 0.05) is 20.0 Å². The maximum Gasteiger partial charge on any atom is 0.394 e. The minimum atomic E-state index is -1.51. The zero-order valence-corrected chi connectivity index (χ0v) is 15.4. The maximum absolute atomic E-state index is 11.9. The molecule has 0 N–H and O–H groups in total. The molecule has 1 aromatic rings. The highest BCUT2D eigenvalue weighted by molar-refractivity contribution is 5.66. The molecule has 6 rings (SSSR count).